The van der Waals surface area contributed by atoms with Crippen LogP contribution in [0.15, 0.2) is 42.5 Å². The topological polar surface area (TPSA) is 39.7 Å². The van der Waals surface area contributed by atoms with Crippen molar-refractivity contribution in [3.63, 3.8) is 0 Å². The van der Waals surface area contributed by atoms with E-state index in [-0.39, 0.29) is 23.9 Å². The second kappa shape index (κ2) is 6.02. The molecule has 4 heteroatoms. The molecule has 2 bridgehead atoms. The quantitative estimate of drug-likeness (QED) is 0.867. The Kier molecular flexibility index (Phi) is 4.01. The first kappa shape index (κ1) is 15.3. The zero-order valence-corrected chi connectivity index (χ0v) is 13.8. The highest BCUT2D eigenvalue weighted by Gasteiger charge is 2.57. The second-order valence-electron chi connectivity index (χ2n) is 6.94. The first-order chi connectivity index (χ1) is 11.2. The van der Waals surface area contributed by atoms with E-state index in [1.54, 1.807) is 0 Å². The van der Waals surface area contributed by atoms with E-state index in [9.17, 15) is 0 Å². The molecule has 124 valence electrons. The predicted molar refractivity (Wildman–Crippen MR) is 87.8 cm³/mol. The molecule has 0 aliphatic carbocycles. The van der Waals surface area contributed by atoms with Crippen molar-refractivity contribution in [1.29, 1.82) is 0 Å². The molecule has 1 N–H and O–H groups in total. The molecule has 4 nitrogen and oxygen atoms in total. The van der Waals surface area contributed by atoms with Crippen molar-refractivity contribution in [2.75, 3.05) is 13.2 Å². The van der Waals surface area contributed by atoms with Crippen LogP contribution in [0, 0.1) is 11.8 Å². The fraction of sp³-hybridized carbons (Fsp3) is 0.579. The summed E-state index contributed by atoms with van der Waals surface area (Å²) in [5.41, 5.74) is 0.947. The average Bonchev–Trinajstić information content (AvgIpc) is 3.24. The molecule has 0 aromatic heterocycles. The largest absolute Gasteiger partial charge is 0.373 e. The van der Waals surface area contributed by atoms with Crippen LogP contribution in [0.1, 0.15) is 19.4 Å². The van der Waals surface area contributed by atoms with Gasteiger partial charge in [0.25, 0.3) is 0 Å². The van der Waals surface area contributed by atoms with Gasteiger partial charge in [-0.05, 0) is 5.56 Å². The highest BCUT2D eigenvalue weighted by molar-refractivity contribution is 5.27. The summed E-state index contributed by atoms with van der Waals surface area (Å²) in [5.74, 6) is 0.696. The van der Waals surface area contributed by atoms with Crippen molar-refractivity contribution >= 4 is 0 Å². The molecular weight excluding hydrogens is 290 g/mol. The first-order valence-corrected chi connectivity index (χ1v) is 8.56. The smallest absolute Gasteiger partial charge is 0.179 e. The van der Waals surface area contributed by atoms with E-state index in [4.69, 9.17) is 14.2 Å². The minimum absolute atomic E-state index is 0.171. The lowest BCUT2D eigenvalue weighted by Gasteiger charge is -2.49. The lowest BCUT2D eigenvalue weighted by atomic mass is 9.74. The summed E-state index contributed by atoms with van der Waals surface area (Å²) >= 11 is 0. The molecule has 0 amide bonds. The highest BCUT2D eigenvalue weighted by Crippen LogP contribution is 2.44. The Labute approximate surface area is 137 Å². The van der Waals surface area contributed by atoms with Crippen LogP contribution in [-0.2, 0) is 20.8 Å². The van der Waals surface area contributed by atoms with E-state index < -0.39 is 0 Å². The maximum atomic E-state index is 6.37. The molecule has 5 atom stereocenters. The minimum Gasteiger partial charge on any atom is -0.373 e. The van der Waals surface area contributed by atoms with E-state index >= 15 is 0 Å². The number of rotatable bonds is 4. The average molecular weight is 315 g/mol. The van der Waals surface area contributed by atoms with Gasteiger partial charge in [0, 0.05) is 17.9 Å². The monoisotopic (exact) mass is 315 g/mol. The van der Waals surface area contributed by atoms with E-state index in [0.717, 1.165) is 0 Å². The summed E-state index contributed by atoms with van der Waals surface area (Å²) in [6.45, 7) is 6.50. The molecule has 0 spiro atoms. The minimum atomic E-state index is -0.269. The maximum absolute atomic E-state index is 6.37. The summed E-state index contributed by atoms with van der Waals surface area (Å²) in [6, 6.07) is 10.7. The van der Waals surface area contributed by atoms with Crippen LogP contribution in [0.4, 0.5) is 0 Å². The third-order valence-corrected chi connectivity index (χ3v) is 5.62. The van der Waals surface area contributed by atoms with E-state index in [2.05, 4.69) is 55.6 Å². The Morgan fingerprint density at radius 3 is 2.65 bits per heavy atom. The number of piperidine rings is 1. The summed E-state index contributed by atoms with van der Waals surface area (Å²) in [7, 11) is 0. The molecule has 0 unspecified atom stereocenters. The van der Waals surface area contributed by atoms with Gasteiger partial charge >= 0.3 is 0 Å². The molecule has 3 heterocycles. The van der Waals surface area contributed by atoms with Crippen LogP contribution >= 0.6 is 0 Å². The van der Waals surface area contributed by atoms with Gasteiger partial charge in [-0.1, -0.05) is 56.3 Å². The van der Waals surface area contributed by atoms with E-state index in [1.807, 2.05) is 6.07 Å². The van der Waals surface area contributed by atoms with Crippen LogP contribution in [0.5, 0.6) is 0 Å². The van der Waals surface area contributed by atoms with Gasteiger partial charge in [-0.25, -0.2) is 0 Å². The van der Waals surface area contributed by atoms with Crippen molar-refractivity contribution in [3.05, 3.63) is 48.0 Å². The van der Waals surface area contributed by atoms with Crippen LogP contribution in [0.3, 0.4) is 0 Å². The number of nitrogens with one attached hydrogen (secondary N) is 1. The predicted octanol–water partition coefficient (Wildman–Crippen LogP) is 2.50. The Bertz CT molecular complexity index is 569. The summed E-state index contributed by atoms with van der Waals surface area (Å²) in [6.07, 6.45) is 4.47. The molecule has 2 fully saturated rings. The van der Waals surface area contributed by atoms with Gasteiger partial charge < -0.3 is 14.2 Å². The number of hydrogen-bond acceptors (Lipinski definition) is 4. The normalized spacial score (nSPS) is 39.9. The highest BCUT2D eigenvalue weighted by atomic mass is 16.7. The zero-order chi connectivity index (χ0) is 15.9. The Hall–Kier alpha value is -1.20. The molecule has 3 aliphatic heterocycles. The van der Waals surface area contributed by atoms with E-state index in [0.29, 0.717) is 31.8 Å². The van der Waals surface area contributed by atoms with E-state index in [1.165, 1.54) is 5.56 Å². The molecule has 2 saturated heterocycles. The zero-order valence-electron chi connectivity index (χ0n) is 13.8. The van der Waals surface area contributed by atoms with Crippen LogP contribution in [0.25, 0.3) is 0 Å². The lowest BCUT2D eigenvalue weighted by molar-refractivity contribution is -0.155. The van der Waals surface area contributed by atoms with Gasteiger partial charge in [0.1, 0.15) is 0 Å². The van der Waals surface area contributed by atoms with Gasteiger partial charge in [-0.2, -0.15) is 0 Å². The Morgan fingerprint density at radius 1 is 1.17 bits per heavy atom. The summed E-state index contributed by atoms with van der Waals surface area (Å²) in [4.78, 5) is 0. The Morgan fingerprint density at radius 2 is 1.91 bits per heavy atom. The number of fused-ring (bicyclic) bond motifs is 2. The molecule has 23 heavy (non-hydrogen) atoms. The molecule has 0 saturated carbocycles. The van der Waals surface area contributed by atoms with Crippen LogP contribution in [0.2, 0.25) is 0 Å². The summed E-state index contributed by atoms with van der Waals surface area (Å²) in [5, 5.41) is 3.73. The van der Waals surface area contributed by atoms with Crippen molar-refractivity contribution < 1.29 is 14.2 Å². The molecule has 0 radical (unpaired) electrons. The summed E-state index contributed by atoms with van der Waals surface area (Å²) < 4.78 is 18.0. The van der Waals surface area contributed by atoms with Gasteiger partial charge in [-0.15, -0.1) is 0 Å². The van der Waals surface area contributed by atoms with Crippen molar-refractivity contribution in [1.82, 2.24) is 5.32 Å². The van der Waals surface area contributed by atoms with Crippen molar-refractivity contribution in [2.24, 2.45) is 11.8 Å². The van der Waals surface area contributed by atoms with Crippen molar-refractivity contribution in [2.45, 2.75) is 44.4 Å². The fourth-order valence-corrected chi connectivity index (χ4v) is 4.23. The third kappa shape index (κ3) is 2.54. The molecular formula is C19H25NO3. The maximum Gasteiger partial charge on any atom is 0.179 e. The third-order valence-electron chi connectivity index (χ3n) is 5.62. The molecule has 4 rings (SSSR count). The fourth-order valence-electron chi connectivity index (χ4n) is 4.23. The second-order valence-corrected chi connectivity index (χ2v) is 6.94. The number of ether oxygens (including phenoxy) is 3. The Balaban J connectivity index is 1.53. The molecule has 1 aromatic rings. The van der Waals surface area contributed by atoms with Crippen LogP contribution in [-0.4, -0.2) is 37.2 Å². The standard InChI is InChI=1S/C19H25NO3/c1-13-16-8-9-19(20-16,18-21-10-11-22-18)14(2)17(13)23-12-15-6-4-3-5-7-15/h3-9,13-14,16-18,20H,10-12H2,1-2H3/t13-,14-,16+,17-,19-/m0/s1. The van der Waals surface area contributed by atoms with Crippen molar-refractivity contribution in [3.8, 4) is 0 Å². The van der Waals surface area contributed by atoms with Gasteiger partial charge in [0.05, 0.1) is 31.5 Å². The SMILES string of the molecule is C[C@@H]1[C@H](OCc2ccccc2)[C@H](C)[C@]2(C3OCCO3)C=C[C@H]1N2. The lowest BCUT2D eigenvalue weighted by Crippen LogP contribution is -2.67. The number of benzene rings is 1. The van der Waals surface area contributed by atoms with Gasteiger partial charge in [-0.3, -0.25) is 5.32 Å². The van der Waals surface area contributed by atoms with Gasteiger partial charge in [0.2, 0.25) is 0 Å². The van der Waals surface area contributed by atoms with Crippen LogP contribution < -0.4 is 5.32 Å². The molecule has 3 aliphatic rings. The van der Waals surface area contributed by atoms with Gasteiger partial charge in [0.15, 0.2) is 6.29 Å². The molecule has 1 aromatic carbocycles. The first-order valence-electron chi connectivity index (χ1n) is 8.56. The number of hydrogen-bond donors (Lipinski definition) is 1.